The van der Waals surface area contributed by atoms with Crippen molar-refractivity contribution in [2.24, 2.45) is 0 Å². The highest BCUT2D eigenvalue weighted by Gasteiger charge is 2.08. The molecule has 6 nitrogen and oxygen atoms in total. The van der Waals surface area contributed by atoms with Crippen LogP contribution in [0.1, 0.15) is 0 Å². The molecular weight excluding hydrogens is 220 g/mol. The Morgan fingerprint density at radius 1 is 1.41 bits per heavy atom. The topological polar surface area (TPSA) is 62.9 Å². The van der Waals surface area contributed by atoms with Crippen molar-refractivity contribution in [2.45, 2.75) is 0 Å². The zero-order valence-electron chi connectivity index (χ0n) is 9.78. The van der Waals surface area contributed by atoms with Gasteiger partial charge in [0.1, 0.15) is 5.82 Å². The third-order valence-corrected chi connectivity index (χ3v) is 2.50. The summed E-state index contributed by atoms with van der Waals surface area (Å²) in [6.45, 7) is 1.94. The largest absolute Gasteiger partial charge is 0.395 e. The van der Waals surface area contributed by atoms with Crippen LogP contribution in [0.25, 0.3) is 5.65 Å². The Hall–Kier alpha value is -1.66. The van der Waals surface area contributed by atoms with Gasteiger partial charge in [-0.3, -0.25) is 0 Å². The molecule has 2 aromatic heterocycles. The Morgan fingerprint density at radius 2 is 2.29 bits per heavy atom. The van der Waals surface area contributed by atoms with Gasteiger partial charge in [-0.25, -0.2) is 9.50 Å². The summed E-state index contributed by atoms with van der Waals surface area (Å²) in [5, 5.41) is 13.1. The van der Waals surface area contributed by atoms with Gasteiger partial charge >= 0.3 is 0 Å². The number of rotatable bonds is 6. The number of fused-ring (bicyclic) bond motifs is 1. The molecule has 1 N–H and O–H groups in total. The Kier molecular flexibility index (Phi) is 3.89. The number of anilines is 1. The van der Waals surface area contributed by atoms with Crippen LogP contribution in [0.5, 0.6) is 0 Å². The summed E-state index contributed by atoms with van der Waals surface area (Å²) in [4.78, 5) is 6.45. The van der Waals surface area contributed by atoms with Crippen molar-refractivity contribution in [3.8, 4) is 0 Å². The zero-order chi connectivity index (χ0) is 12.1. The van der Waals surface area contributed by atoms with E-state index < -0.39 is 0 Å². The van der Waals surface area contributed by atoms with Crippen molar-refractivity contribution in [3.05, 3.63) is 24.5 Å². The molecule has 0 aliphatic heterocycles. The lowest BCUT2D eigenvalue weighted by Gasteiger charge is -2.22. The fraction of sp³-hybridized carbons (Fsp3) is 0.455. The second kappa shape index (κ2) is 5.60. The van der Waals surface area contributed by atoms with Gasteiger partial charge in [0.2, 0.25) is 0 Å². The summed E-state index contributed by atoms with van der Waals surface area (Å²) in [5.41, 5.74) is 0.794. The number of hydrogen-bond donors (Lipinski definition) is 1. The monoisotopic (exact) mass is 236 g/mol. The van der Waals surface area contributed by atoms with Crippen molar-refractivity contribution in [3.63, 3.8) is 0 Å². The first kappa shape index (κ1) is 11.8. The lowest BCUT2D eigenvalue weighted by atomic mass is 10.4. The first-order valence-electron chi connectivity index (χ1n) is 5.50. The van der Waals surface area contributed by atoms with Gasteiger partial charge in [0, 0.05) is 32.5 Å². The lowest BCUT2D eigenvalue weighted by molar-refractivity contribution is 0.202. The maximum Gasteiger partial charge on any atom is 0.157 e. The molecule has 0 amide bonds. The van der Waals surface area contributed by atoms with Crippen LogP contribution in [0.15, 0.2) is 24.5 Å². The van der Waals surface area contributed by atoms with Crippen LogP contribution >= 0.6 is 0 Å². The molecule has 0 saturated carbocycles. The Morgan fingerprint density at radius 3 is 3.06 bits per heavy atom. The average Bonchev–Trinajstić information content (AvgIpc) is 2.81. The number of nitrogens with zero attached hydrogens (tertiary/aromatic N) is 4. The molecule has 2 rings (SSSR count). The predicted molar refractivity (Wildman–Crippen MR) is 64.2 cm³/mol. The van der Waals surface area contributed by atoms with E-state index in [-0.39, 0.29) is 6.61 Å². The highest BCUT2D eigenvalue weighted by Crippen LogP contribution is 2.11. The molecule has 0 aromatic carbocycles. The van der Waals surface area contributed by atoms with Crippen molar-refractivity contribution in [1.29, 1.82) is 0 Å². The minimum absolute atomic E-state index is 0.0931. The molecular formula is C11H16N4O2. The van der Waals surface area contributed by atoms with Crippen LogP contribution in [0.3, 0.4) is 0 Å². The molecule has 0 spiro atoms. The molecule has 2 aromatic rings. The minimum atomic E-state index is 0.0931. The van der Waals surface area contributed by atoms with Crippen molar-refractivity contribution >= 4 is 11.5 Å². The summed E-state index contributed by atoms with van der Waals surface area (Å²) in [7, 11) is 1.66. The van der Waals surface area contributed by atoms with E-state index in [0.29, 0.717) is 19.7 Å². The van der Waals surface area contributed by atoms with Gasteiger partial charge in [-0.05, 0) is 6.07 Å². The van der Waals surface area contributed by atoms with E-state index in [1.165, 1.54) is 0 Å². The summed E-state index contributed by atoms with van der Waals surface area (Å²) in [6, 6.07) is 3.72. The lowest BCUT2D eigenvalue weighted by Crippen LogP contribution is -2.31. The fourth-order valence-corrected chi connectivity index (χ4v) is 1.64. The average molecular weight is 236 g/mol. The van der Waals surface area contributed by atoms with E-state index >= 15 is 0 Å². The maximum absolute atomic E-state index is 9.04. The number of hydrogen-bond acceptors (Lipinski definition) is 5. The summed E-state index contributed by atoms with van der Waals surface area (Å²) in [5.74, 6) is 0.823. The van der Waals surface area contributed by atoms with E-state index in [2.05, 4.69) is 10.1 Å². The molecule has 92 valence electrons. The van der Waals surface area contributed by atoms with Crippen molar-refractivity contribution < 1.29 is 9.84 Å². The summed E-state index contributed by atoms with van der Waals surface area (Å²) in [6.07, 6.45) is 3.56. The normalized spacial score (nSPS) is 10.9. The Bertz CT molecular complexity index is 471. The standard InChI is InChI=1S/C11H16N4O2/c1-17-9-7-14(6-8-16)10-3-5-15-11(13-10)2-4-12-15/h2-5,16H,6-9H2,1H3. The smallest absolute Gasteiger partial charge is 0.157 e. The van der Waals surface area contributed by atoms with Crippen LogP contribution in [0, 0.1) is 0 Å². The fourth-order valence-electron chi connectivity index (χ4n) is 1.64. The Balaban J connectivity index is 2.20. The molecule has 0 aliphatic carbocycles. The molecule has 17 heavy (non-hydrogen) atoms. The molecule has 0 atom stereocenters. The van der Waals surface area contributed by atoms with Crippen LogP contribution in [-0.2, 0) is 4.74 Å². The molecule has 6 heteroatoms. The van der Waals surface area contributed by atoms with Gasteiger partial charge in [0.15, 0.2) is 5.65 Å². The molecule has 0 unspecified atom stereocenters. The molecule has 0 bridgehead atoms. The van der Waals surface area contributed by atoms with E-state index in [0.717, 1.165) is 11.5 Å². The van der Waals surface area contributed by atoms with Gasteiger partial charge in [0.05, 0.1) is 19.4 Å². The van der Waals surface area contributed by atoms with Crippen LogP contribution < -0.4 is 4.90 Å². The summed E-state index contributed by atoms with van der Waals surface area (Å²) < 4.78 is 6.75. The second-order valence-corrected chi connectivity index (χ2v) is 3.62. The van der Waals surface area contributed by atoms with Crippen LogP contribution in [0.4, 0.5) is 5.82 Å². The Labute approximate surface area is 99.4 Å². The van der Waals surface area contributed by atoms with Gasteiger partial charge in [0.25, 0.3) is 0 Å². The first-order valence-corrected chi connectivity index (χ1v) is 5.50. The third-order valence-electron chi connectivity index (χ3n) is 2.50. The molecule has 0 saturated heterocycles. The van der Waals surface area contributed by atoms with Gasteiger partial charge in [-0.2, -0.15) is 5.10 Å². The van der Waals surface area contributed by atoms with E-state index in [4.69, 9.17) is 9.84 Å². The molecule has 0 radical (unpaired) electrons. The highest BCUT2D eigenvalue weighted by atomic mass is 16.5. The third kappa shape index (κ3) is 2.72. The van der Waals surface area contributed by atoms with E-state index in [9.17, 15) is 0 Å². The molecule has 0 aliphatic rings. The summed E-state index contributed by atoms with van der Waals surface area (Å²) >= 11 is 0. The molecule has 2 heterocycles. The van der Waals surface area contributed by atoms with E-state index in [1.807, 2.05) is 23.2 Å². The van der Waals surface area contributed by atoms with Crippen LogP contribution in [0.2, 0.25) is 0 Å². The zero-order valence-corrected chi connectivity index (χ0v) is 9.78. The van der Waals surface area contributed by atoms with Gasteiger partial charge < -0.3 is 14.7 Å². The maximum atomic E-state index is 9.04. The van der Waals surface area contributed by atoms with Crippen LogP contribution in [-0.4, -0.2) is 53.1 Å². The number of aliphatic hydroxyl groups is 1. The van der Waals surface area contributed by atoms with Gasteiger partial charge in [-0.15, -0.1) is 0 Å². The number of methoxy groups -OCH3 is 1. The second-order valence-electron chi connectivity index (χ2n) is 3.62. The number of aromatic nitrogens is 3. The first-order chi connectivity index (χ1) is 8.35. The number of aliphatic hydroxyl groups excluding tert-OH is 1. The van der Waals surface area contributed by atoms with Crippen molar-refractivity contribution in [2.75, 3.05) is 38.3 Å². The van der Waals surface area contributed by atoms with E-state index in [1.54, 1.807) is 17.8 Å². The highest BCUT2D eigenvalue weighted by molar-refractivity contribution is 5.47. The molecule has 0 fully saturated rings. The van der Waals surface area contributed by atoms with Crippen molar-refractivity contribution in [1.82, 2.24) is 14.6 Å². The van der Waals surface area contributed by atoms with Gasteiger partial charge in [-0.1, -0.05) is 0 Å². The quantitative estimate of drug-likeness (QED) is 0.775. The predicted octanol–water partition coefficient (Wildman–Crippen LogP) is 0.174. The number of ether oxygens (including phenoxy) is 1. The minimum Gasteiger partial charge on any atom is -0.395 e. The SMILES string of the molecule is COCCN(CCO)c1ccn2nccc2n1.